The van der Waals surface area contributed by atoms with Crippen LogP contribution in [0.4, 0.5) is 5.13 Å². The molecule has 2 heterocycles. The molecule has 122 valence electrons. The number of aromatic nitrogens is 2. The SMILES string of the molecule is CCCC(C)(N)C(=O)N1CCC(C(=O)Nc2nncs2)CC1. The van der Waals surface area contributed by atoms with E-state index in [1.807, 2.05) is 6.92 Å². The van der Waals surface area contributed by atoms with Crippen LogP contribution in [-0.4, -0.2) is 45.5 Å². The topological polar surface area (TPSA) is 101 Å². The molecule has 7 nitrogen and oxygen atoms in total. The molecule has 1 fully saturated rings. The summed E-state index contributed by atoms with van der Waals surface area (Å²) in [5.41, 5.74) is 6.87. The highest BCUT2D eigenvalue weighted by molar-refractivity contribution is 7.13. The zero-order chi connectivity index (χ0) is 16.2. The van der Waals surface area contributed by atoms with E-state index in [0.29, 0.717) is 37.5 Å². The maximum absolute atomic E-state index is 12.4. The fourth-order valence-electron chi connectivity index (χ4n) is 2.77. The van der Waals surface area contributed by atoms with Crippen LogP contribution in [0, 0.1) is 5.92 Å². The van der Waals surface area contributed by atoms with Gasteiger partial charge in [0.1, 0.15) is 5.51 Å². The van der Waals surface area contributed by atoms with Crippen molar-refractivity contribution in [1.82, 2.24) is 15.1 Å². The zero-order valence-electron chi connectivity index (χ0n) is 13.0. The number of piperidine rings is 1. The Morgan fingerprint density at radius 1 is 1.50 bits per heavy atom. The molecule has 0 bridgehead atoms. The van der Waals surface area contributed by atoms with Crippen LogP contribution < -0.4 is 11.1 Å². The van der Waals surface area contributed by atoms with E-state index in [-0.39, 0.29) is 17.7 Å². The van der Waals surface area contributed by atoms with Crippen LogP contribution in [0.2, 0.25) is 0 Å². The first-order valence-corrected chi connectivity index (χ1v) is 8.47. The lowest BCUT2D eigenvalue weighted by Crippen LogP contribution is -2.55. The number of rotatable bonds is 5. The predicted octanol–water partition coefficient (Wildman–Crippen LogP) is 1.23. The van der Waals surface area contributed by atoms with Crippen molar-refractivity contribution in [2.45, 2.75) is 45.1 Å². The number of carbonyl (C=O) groups excluding carboxylic acids is 2. The molecule has 0 aliphatic carbocycles. The minimum atomic E-state index is -0.809. The molecule has 22 heavy (non-hydrogen) atoms. The van der Waals surface area contributed by atoms with Gasteiger partial charge in [-0.1, -0.05) is 24.7 Å². The van der Waals surface area contributed by atoms with Gasteiger partial charge in [-0.3, -0.25) is 9.59 Å². The first kappa shape index (κ1) is 16.8. The van der Waals surface area contributed by atoms with Crippen molar-refractivity contribution in [3.8, 4) is 0 Å². The Morgan fingerprint density at radius 3 is 2.73 bits per heavy atom. The van der Waals surface area contributed by atoms with Gasteiger partial charge in [-0.2, -0.15) is 0 Å². The highest BCUT2D eigenvalue weighted by Gasteiger charge is 2.35. The Bertz CT molecular complexity index is 509. The van der Waals surface area contributed by atoms with Gasteiger partial charge in [-0.15, -0.1) is 10.2 Å². The number of hydrogen-bond donors (Lipinski definition) is 2. The summed E-state index contributed by atoms with van der Waals surface area (Å²) < 4.78 is 0. The van der Waals surface area contributed by atoms with E-state index in [4.69, 9.17) is 5.73 Å². The molecule has 3 N–H and O–H groups in total. The zero-order valence-corrected chi connectivity index (χ0v) is 13.9. The van der Waals surface area contributed by atoms with Gasteiger partial charge in [0, 0.05) is 19.0 Å². The van der Waals surface area contributed by atoms with Crippen molar-refractivity contribution in [2.75, 3.05) is 18.4 Å². The van der Waals surface area contributed by atoms with Gasteiger partial charge in [0.15, 0.2) is 0 Å². The molecule has 0 radical (unpaired) electrons. The summed E-state index contributed by atoms with van der Waals surface area (Å²) in [7, 11) is 0. The number of nitrogens with two attached hydrogens (primary N) is 1. The van der Waals surface area contributed by atoms with E-state index >= 15 is 0 Å². The highest BCUT2D eigenvalue weighted by Crippen LogP contribution is 2.22. The van der Waals surface area contributed by atoms with E-state index in [0.717, 1.165) is 6.42 Å². The van der Waals surface area contributed by atoms with Gasteiger partial charge in [0.2, 0.25) is 16.9 Å². The van der Waals surface area contributed by atoms with Gasteiger partial charge >= 0.3 is 0 Å². The lowest BCUT2D eigenvalue weighted by Gasteiger charge is -2.36. The summed E-state index contributed by atoms with van der Waals surface area (Å²) in [6.07, 6.45) is 2.85. The number of hydrogen-bond acceptors (Lipinski definition) is 6. The first-order chi connectivity index (χ1) is 10.4. The van der Waals surface area contributed by atoms with Crippen LogP contribution in [0.3, 0.4) is 0 Å². The maximum atomic E-state index is 12.4. The van der Waals surface area contributed by atoms with Crippen molar-refractivity contribution in [3.05, 3.63) is 5.51 Å². The molecule has 1 aromatic rings. The Labute approximate surface area is 134 Å². The minimum Gasteiger partial charge on any atom is -0.341 e. The minimum absolute atomic E-state index is 0.0164. The lowest BCUT2D eigenvalue weighted by molar-refractivity contribution is -0.139. The monoisotopic (exact) mass is 325 g/mol. The fourth-order valence-corrected chi connectivity index (χ4v) is 3.22. The van der Waals surface area contributed by atoms with Gasteiger partial charge in [-0.05, 0) is 26.2 Å². The van der Waals surface area contributed by atoms with Crippen LogP contribution in [0.25, 0.3) is 0 Å². The molecule has 8 heteroatoms. The molecule has 0 aromatic carbocycles. The summed E-state index contributed by atoms with van der Waals surface area (Å²) in [6, 6.07) is 0. The smallest absolute Gasteiger partial charge is 0.242 e. The summed E-state index contributed by atoms with van der Waals surface area (Å²) in [4.78, 5) is 26.3. The number of likely N-dealkylation sites (tertiary alicyclic amines) is 1. The predicted molar refractivity (Wildman–Crippen MR) is 85.3 cm³/mol. The largest absolute Gasteiger partial charge is 0.341 e. The standard InChI is InChI=1S/C14H23N5O2S/c1-3-6-14(2,15)12(21)19-7-4-10(5-8-19)11(20)17-13-18-16-9-22-13/h9-10H,3-8,15H2,1-2H3,(H,17,18,20). The van der Waals surface area contributed by atoms with E-state index < -0.39 is 5.54 Å². The summed E-state index contributed by atoms with van der Waals surface area (Å²) in [5, 5.41) is 10.8. The quantitative estimate of drug-likeness (QED) is 0.848. The molecule has 2 amide bonds. The molecular formula is C14H23N5O2S. The van der Waals surface area contributed by atoms with Crippen molar-refractivity contribution < 1.29 is 9.59 Å². The van der Waals surface area contributed by atoms with E-state index in [1.165, 1.54) is 11.3 Å². The van der Waals surface area contributed by atoms with Crippen LogP contribution >= 0.6 is 11.3 Å². The average molecular weight is 325 g/mol. The summed E-state index contributed by atoms with van der Waals surface area (Å²) >= 11 is 1.29. The molecule has 0 spiro atoms. The third-order valence-electron chi connectivity index (χ3n) is 4.00. The highest BCUT2D eigenvalue weighted by atomic mass is 32.1. The molecule has 2 rings (SSSR count). The Hall–Kier alpha value is -1.54. The van der Waals surface area contributed by atoms with Crippen molar-refractivity contribution in [1.29, 1.82) is 0 Å². The normalized spacial score (nSPS) is 18.8. The van der Waals surface area contributed by atoms with E-state index in [1.54, 1.807) is 17.3 Å². The third kappa shape index (κ3) is 4.01. The molecule has 1 aliphatic heterocycles. The number of amides is 2. The van der Waals surface area contributed by atoms with Gasteiger partial charge in [0.05, 0.1) is 5.54 Å². The molecule has 1 aliphatic rings. The van der Waals surface area contributed by atoms with Crippen LogP contribution in [-0.2, 0) is 9.59 Å². The van der Waals surface area contributed by atoms with Gasteiger partial charge in [0.25, 0.3) is 0 Å². The van der Waals surface area contributed by atoms with Crippen LogP contribution in [0.1, 0.15) is 39.5 Å². The number of nitrogens with zero attached hydrogens (tertiary/aromatic N) is 3. The second-order valence-corrected chi connectivity index (χ2v) is 6.80. The van der Waals surface area contributed by atoms with Gasteiger partial charge in [-0.25, -0.2) is 0 Å². The maximum Gasteiger partial charge on any atom is 0.242 e. The second-order valence-electron chi connectivity index (χ2n) is 5.97. The molecular weight excluding hydrogens is 302 g/mol. The molecule has 1 saturated heterocycles. The molecule has 0 saturated carbocycles. The number of carbonyl (C=O) groups is 2. The van der Waals surface area contributed by atoms with Crippen LogP contribution in [0.15, 0.2) is 5.51 Å². The van der Waals surface area contributed by atoms with Crippen molar-refractivity contribution >= 4 is 28.3 Å². The summed E-state index contributed by atoms with van der Waals surface area (Å²) in [6.45, 7) is 4.95. The molecule has 1 aromatic heterocycles. The Morgan fingerprint density at radius 2 is 2.18 bits per heavy atom. The Kier molecular flexibility index (Phi) is 5.47. The van der Waals surface area contributed by atoms with Crippen LogP contribution in [0.5, 0.6) is 0 Å². The lowest BCUT2D eigenvalue weighted by atomic mass is 9.91. The Balaban J connectivity index is 1.85. The van der Waals surface area contributed by atoms with Gasteiger partial charge < -0.3 is 16.0 Å². The third-order valence-corrected chi connectivity index (χ3v) is 4.61. The van der Waals surface area contributed by atoms with Crippen molar-refractivity contribution in [2.24, 2.45) is 11.7 Å². The second kappa shape index (κ2) is 7.15. The van der Waals surface area contributed by atoms with E-state index in [2.05, 4.69) is 15.5 Å². The molecule has 1 atom stereocenters. The summed E-state index contributed by atoms with van der Waals surface area (Å²) in [5.74, 6) is -0.159. The first-order valence-electron chi connectivity index (χ1n) is 7.59. The number of nitrogens with one attached hydrogen (secondary N) is 1. The number of anilines is 1. The fraction of sp³-hybridized carbons (Fsp3) is 0.714. The van der Waals surface area contributed by atoms with Crippen molar-refractivity contribution in [3.63, 3.8) is 0 Å². The molecule has 1 unspecified atom stereocenters. The van der Waals surface area contributed by atoms with E-state index in [9.17, 15) is 9.59 Å². The average Bonchev–Trinajstić information content (AvgIpc) is 2.99.